The second-order valence-corrected chi connectivity index (χ2v) is 4.75. The summed E-state index contributed by atoms with van der Waals surface area (Å²) in [6.07, 6.45) is 1.28. The molecule has 1 rings (SSSR count). The van der Waals surface area contributed by atoms with Crippen LogP contribution in [0.1, 0.15) is 20.3 Å². The summed E-state index contributed by atoms with van der Waals surface area (Å²) in [7, 11) is 4.29. The Kier molecular flexibility index (Phi) is 4.85. The summed E-state index contributed by atoms with van der Waals surface area (Å²) in [6, 6.07) is 1.39. The molecule has 2 atom stereocenters. The van der Waals surface area contributed by atoms with E-state index in [0.717, 1.165) is 13.1 Å². The molecule has 2 unspecified atom stereocenters. The fourth-order valence-electron chi connectivity index (χ4n) is 2.18. The lowest BCUT2D eigenvalue weighted by atomic mass is 10.1. The van der Waals surface area contributed by atoms with Gasteiger partial charge in [0.05, 0.1) is 0 Å². The minimum atomic E-state index is 0.695. The topological polar surface area (TPSA) is 18.5 Å². The highest BCUT2D eigenvalue weighted by Crippen LogP contribution is 2.09. The first-order valence-electron chi connectivity index (χ1n) is 5.72. The maximum Gasteiger partial charge on any atom is 0.0195 e. The molecular weight excluding hydrogens is 174 g/mol. The molecule has 0 bridgehead atoms. The van der Waals surface area contributed by atoms with E-state index in [1.807, 2.05) is 0 Å². The first-order valence-corrected chi connectivity index (χ1v) is 5.72. The van der Waals surface area contributed by atoms with E-state index in [1.165, 1.54) is 19.5 Å². The lowest BCUT2D eigenvalue weighted by Crippen LogP contribution is -2.55. The average molecular weight is 199 g/mol. The zero-order valence-electron chi connectivity index (χ0n) is 10.1. The van der Waals surface area contributed by atoms with Crippen LogP contribution in [0, 0.1) is 0 Å². The van der Waals surface area contributed by atoms with Gasteiger partial charge in [-0.3, -0.25) is 4.90 Å². The van der Waals surface area contributed by atoms with E-state index >= 15 is 0 Å². The number of nitrogens with zero attached hydrogens (tertiary/aromatic N) is 2. The van der Waals surface area contributed by atoms with Gasteiger partial charge in [0.15, 0.2) is 0 Å². The minimum absolute atomic E-state index is 0.695. The molecule has 1 fully saturated rings. The molecule has 0 saturated carbocycles. The molecule has 0 aromatic carbocycles. The summed E-state index contributed by atoms with van der Waals surface area (Å²) in [5.41, 5.74) is 0. The minimum Gasteiger partial charge on any atom is -0.314 e. The summed E-state index contributed by atoms with van der Waals surface area (Å²) < 4.78 is 0. The standard InChI is InChI=1S/C11H25N3/c1-10-8-12-9-11(2)14(10)7-5-6-13(3)4/h10-12H,5-9H2,1-4H3. The van der Waals surface area contributed by atoms with E-state index in [0.29, 0.717) is 12.1 Å². The molecule has 1 aliphatic heterocycles. The zero-order valence-corrected chi connectivity index (χ0v) is 10.1. The van der Waals surface area contributed by atoms with Crippen LogP contribution in [0.15, 0.2) is 0 Å². The van der Waals surface area contributed by atoms with Crippen molar-refractivity contribution in [1.82, 2.24) is 15.1 Å². The van der Waals surface area contributed by atoms with E-state index < -0.39 is 0 Å². The maximum absolute atomic E-state index is 3.46. The summed E-state index contributed by atoms with van der Waals surface area (Å²) >= 11 is 0. The average Bonchev–Trinajstić information content (AvgIpc) is 2.09. The summed E-state index contributed by atoms with van der Waals surface area (Å²) in [5.74, 6) is 0. The lowest BCUT2D eigenvalue weighted by Gasteiger charge is -2.39. The molecular formula is C11H25N3. The van der Waals surface area contributed by atoms with E-state index in [2.05, 4.69) is 43.1 Å². The van der Waals surface area contributed by atoms with Gasteiger partial charge in [0.1, 0.15) is 0 Å². The van der Waals surface area contributed by atoms with E-state index in [-0.39, 0.29) is 0 Å². The normalized spacial score (nSPS) is 29.8. The monoisotopic (exact) mass is 199 g/mol. The number of hydrogen-bond acceptors (Lipinski definition) is 3. The van der Waals surface area contributed by atoms with Crippen LogP contribution < -0.4 is 5.32 Å². The molecule has 0 aromatic rings. The number of piperazine rings is 1. The summed E-state index contributed by atoms with van der Waals surface area (Å²) in [6.45, 7) is 9.36. The molecule has 1 heterocycles. The second kappa shape index (κ2) is 5.69. The van der Waals surface area contributed by atoms with Crippen LogP contribution in [0.25, 0.3) is 0 Å². The molecule has 3 heteroatoms. The molecule has 1 saturated heterocycles. The smallest absolute Gasteiger partial charge is 0.0195 e. The van der Waals surface area contributed by atoms with Gasteiger partial charge in [-0.1, -0.05) is 0 Å². The van der Waals surface area contributed by atoms with Gasteiger partial charge in [0.2, 0.25) is 0 Å². The Hall–Kier alpha value is -0.120. The van der Waals surface area contributed by atoms with Gasteiger partial charge in [-0.25, -0.2) is 0 Å². The Morgan fingerprint density at radius 2 is 1.79 bits per heavy atom. The summed E-state index contributed by atoms with van der Waals surface area (Å²) in [4.78, 5) is 4.89. The Balaban J connectivity index is 2.26. The van der Waals surface area contributed by atoms with Crippen LogP contribution in [0.4, 0.5) is 0 Å². The quantitative estimate of drug-likeness (QED) is 0.716. The molecule has 3 nitrogen and oxygen atoms in total. The van der Waals surface area contributed by atoms with E-state index in [9.17, 15) is 0 Å². The highest BCUT2D eigenvalue weighted by atomic mass is 15.2. The summed E-state index contributed by atoms with van der Waals surface area (Å²) in [5, 5.41) is 3.46. The van der Waals surface area contributed by atoms with Crippen molar-refractivity contribution >= 4 is 0 Å². The molecule has 1 aliphatic rings. The number of rotatable bonds is 4. The van der Waals surface area contributed by atoms with Crippen molar-refractivity contribution in [2.45, 2.75) is 32.4 Å². The van der Waals surface area contributed by atoms with Gasteiger partial charge in [-0.05, 0) is 40.9 Å². The van der Waals surface area contributed by atoms with Gasteiger partial charge >= 0.3 is 0 Å². The molecule has 0 aromatic heterocycles. The Morgan fingerprint density at radius 3 is 2.29 bits per heavy atom. The van der Waals surface area contributed by atoms with Crippen LogP contribution in [0.2, 0.25) is 0 Å². The number of nitrogens with one attached hydrogen (secondary N) is 1. The maximum atomic E-state index is 3.46. The molecule has 0 radical (unpaired) electrons. The fraction of sp³-hybridized carbons (Fsp3) is 1.00. The van der Waals surface area contributed by atoms with Crippen molar-refractivity contribution in [3.05, 3.63) is 0 Å². The molecule has 1 N–H and O–H groups in total. The number of hydrogen-bond donors (Lipinski definition) is 1. The highest BCUT2D eigenvalue weighted by molar-refractivity contribution is 4.82. The molecule has 0 amide bonds. The molecule has 0 spiro atoms. The third-order valence-corrected chi connectivity index (χ3v) is 3.03. The second-order valence-electron chi connectivity index (χ2n) is 4.75. The van der Waals surface area contributed by atoms with Crippen molar-refractivity contribution in [2.24, 2.45) is 0 Å². The van der Waals surface area contributed by atoms with Gasteiger partial charge in [0.25, 0.3) is 0 Å². The lowest BCUT2D eigenvalue weighted by molar-refractivity contribution is 0.112. The first kappa shape index (κ1) is 12.0. The van der Waals surface area contributed by atoms with E-state index in [4.69, 9.17) is 0 Å². The predicted molar refractivity (Wildman–Crippen MR) is 61.7 cm³/mol. The Labute approximate surface area is 88.5 Å². The van der Waals surface area contributed by atoms with Gasteiger partial charge in [-0.15, -0.1) is 0 Å². The fourth-order valence-corrected chi connectivity index (χ4v) is 2.18. The van der Waals surface area contributed by atoms with Crippen LogP contribution in [-0.4, -0.2) is 62.2 Å². The molecule has 0 aliphatic carbocycles. The highest BCUT2D eigenvalue weighted by Gasteiger charge is 2.23. The Bertz CT molecular complexity index is 149. The van der Waals surface area contributed by atoms with Crippen LogP contribution >= 0.6 is 0 Å². The molecule has 14 heavy (non-hydrogen) atoms. The zero-order chi connectivity index (χ0) is 10.6. The van der Waals surface area contributed by atoms with Crippen LogP contribution in [0.5, 0.6) is 0 Å². The SMILES string of the molecule is CC1CNCC(C)N1CCCN(C)C. The van der Waals surface area contributed by atoms with Crippen LogP contribution in [0.3, 0.4) is 0 Å². The first-order chi connectivity index (χ1) is 6.61. The van der Waals surface area contributed by atoms with Crippen molar-refractivity contribution in [3.63, 3.8) is 0 Å². The van der Waals surface area contributed by atoms with Crippen LogP contribution in [-0.2, 0) is 0 Å². The van der Waals surface area contributed by atoms with E-state index in [1.54, 1.807) is 0 Å². The third-order valence-electron chi connectivity index (χ3n) is 3.03. The molecule has 84 valence electrons. The van der Waals surface area contributed by atoms with Crippen molar-refractivity contribution in [1.29, 1.82) is 0 Å². The largest absolute Gasteiger partial charge is 0.314 e. The Morgan fingerprint density at radius 1 is 1.21 bits per heavy atom. The van der Waals surface area contributed by atoms with Crippen molar-refractivity contribution in [3.8, 4) is 0 Å². The third kappa shape index (κ3) is 3.56. The van der Waals surface area contributed by atoms with Gasteiger partial charge in [0, 0.05) is 31.7 Å². The van der Waals surface area contributed by atoms with Crippen molar-refractivity contribution < 1.29 is 0 Å². The van der Waals surface area contributed by atoms with Gasteiger partial charge < -0.3 is 10.2 Å². The van der Waals surface area contributed by atoms with Crippen molar-refractivity contribution in [2.75, 3.05) is 40.3 Å². The predicted octanol–water partition coefficient (Wildman–Crippen LogP) is 0.620. The van der Waals surface area contributed by atoms with Gasteiger partial charge in [-0.2, -0.15) is 0 Å².